The molecule has 19 heavy (non-hydrogen) atoms. The number of anilines is 1. The van der Waals surface area contributed by atoms with E-state index in [4.69, 9.17) is 17.3 Å². The number of nitrogens with two attached hydrogens (primary N) is 1. The fourth-order valence-corrected chi connectivity index (χ4v) is 2.83. The predicted molar refractivity (Wildman–Crippen MR) is 78.5 cm³/mol. The molecule has 0 saturated carbocycles. The molecular weight excluding hydrogens is 262 g/mol. The summed E-state index contributed by atoms with van der Waals surface area (Å²) in [6, 6.07) is 5.39. The van der Waals surface area contributed by atoms with Crippen molar-refractivity contribution < 1.29 is 4.79 Å². The minimum atomic E-state index is -0.0941. The van der Waals surface area contributed by atoms with Crippen LogP contribution in [0.25, 0.3) is 0 Å². The van der Waals surface area contributed by atoms with Crippen LogP contribution in [0.4, 0.5) is 5.69 Å². The van der Waals surface area contributed by atoms with Crippen molar-refractivity contribution in [1.82, 2.24) is 9.80 Å². The summed E-state index contributed by atoms with van der Waals surface area (Å²) in [5.41, 5.74) is 6.73. The lowest BCUT2D eigenvalue weighted by atomic mass is 10.0. The molecule has 0 spiro atoms. The number of carbonyl (C=O) groups excluding carboxylic acids is 1. The molecule has 5 heteroatoms. The summed E-state index contributed by atoms with van der Waals surface area (Å²) in [5.74, 6) is -0.0941. The maximum Gasteiger partial charge on any atom is 0.257 e. The second kappa shape index (κ2) is 5.80. The second-order valence-corrected chi connectivity index (χ2v) is 5.59. The number of nitrogens with zero attached hydrogens (tertiary/aromatic N) is 2. The van der Waals surface area contributed by atoms with Gasteiger partial charge in [-0.1, -0.05) is 17.7 Å². The van der Waals surface area contributed by atoms with Crippen LogP contribution in [-0.2, 0) is 0 Å². The van der Waals surface area contributed by atoms with Gasteiger partial charge in [0.25, 0.3) is 5.91 Å². The zero-order chi connectivity index (χ0) is 14.0. The first-order chi connectivity index (χ1) is 9.00. The number of hydrogen-bond donors (Lipinski definition) is 1. The largest absolute Gasteiger partial charge is 0.398 e. The number of likely N-dealkylation sites (tertiary alicyclic amines) is 1. The Kier molecular flexibility index (Phi) is 4.32. The van der Waals surface area contributed by atoms with Crippen LogP contribution in [0.15, 0.2) is 18.2 Å². The van der Waals surface area contributed by atoms with E-state index in [1.54, 1.807) is 23.1 Å². The van der Waals surface area contributed by atoms with Crippen molar-refractivity contribution >= 4 is 23.2 Å². The van der Waals surface area contributed by atoms with Crippen LogP contribution in [0.3, 0.4) is 0 Å². The zero-order valence-corrected chi connectivity index (χ0v) is 12.2. The van der Waals surface area contributed by atoms with Crippen molar-refractivity contribution in [2.24, 2.45) is 0 Å². The highest BCUT2D eigenvalue weighted by molar-refractivity contribution is 6.34. The molecule has 1 aromatic carbocycles. The van der Waals surface area contributed by atoms with Crippen LogP contribution in [-0.4, -0.2) is 48.9 Å². The van der Waals surface area contributed by atoms with Crippen molar-refractivity contribution in [1.29, 1.82) is 0 Å². The van der Waals surface area contributed by atoms with Gasteiger partial charge in [0.05, 0.1) is 10.6 Å². The minimum Gasteiger partial charge on any atom is -0.398 e. The van der Waals surface area contributed by atoms with E-state index in [-0.39, 0.29) is 11.9 Å². The molecule has 2 rings (SSSR count). The van der Waals surface area contributed by atoms with Crippen molar-refractivity contribution in [2.45, 2.75) is 18.9 Å². The van der Waals surface area contributed by atoms with Crippen LogP contribution in [0, 0.1) is 0 Å². The van der Waals surface area contributed by atoms with Crippen LogP contribution in [0.1, 0.15) is 23.2 Å². The molecule has 1 aromatic rings. The average Bonchev–Trinajstić information content (AvgIpc) is 2.37. The first-order valence-corrected chi connectivity index (χ1v) is 6.88. The van der Waals surface area contributed by atoms with Crippen LogP contribution in [0.2, 0.25) is 5.02 Å². The smallest absolute Gasteiger partial charge is 0.257 e. The first kappa shape index (κ1) is 14.2. The second-order valence-electron chi connectivity index (χ2n) is 5.18. The van der Waals surface area contributed by atoms with Gasteiger partial charge in [-0.05, 0) is 38.6 Å². The summed E-state index contributed by atoms with van der Waals surface area (Å²) in [6.07, 6.45) is 2.13. The third kappa shape index (κ3) is 3.01. The van der Waals surface area contributed by atoms with E-state index in [2.05, 4.69) is 11.9 Å². The molecule has 2 N–H and O–H groups in total. The van der Waals surface area contributed by atoms with Crippen molar-refractivity contribution in [3.05, 3.63) is 28.8 Å². The van der Waals surface area contributed by atoms with Gasteiger partial charge in [0, 0.05) is 25.3 Å². The van der Waals surface area contributed by atoms with E-state index in [1.165, 1.54) is 0 Å². The quantitative estimate of drug-likeness (QED) is 0.845. The molecule has 1 fully saturated rings. The lowest BCUT2D eigenvalue weighted by Crippen LogP contribution is -2.47. The van der Waals surface area contributed by atoms with E-state index in [0.29, 0.717) is 16.3 Å². The Hall–Kier alpha value is -1.26. The first-order valence-electron chi connectivity index (χ1n) is 6.50. The maximum atomic E-state index is 12.5. The normalized spacial score (nSPS) is 20.3. The standard InChI is InChI=1S/C14H20ClN3O/c1-17-8-4-5-10(9-17)18(2)14(19)13-11(15)6-3-7-12(13)16/h3,6-7,10H,4-5,8-9,16H2,1-2H3. The summed E-state index contributed by atoms with van der Waals surface area (Å²) >= 11 is 6.10. The fraction of sp³-hybridized carbons (Fsp3) is 0.500. The van der Waals surface area contributed by atoms with Gasteiger partial charge in [0.2, 0.25) is 0 Å². The number of rotatable bonds is 2. The number of piperidine rings is 1. The summed E-state index contributed by atoms with van der Waals surface area (Å²) in [7, 11) is 3.91. The van der Waals surface area contributed by atoms with Gasteiger partial charge >= 0.3 is 0 Å². The fourth-order valence-electron chi connectivity index (χ4n) is 2.56. The highest BCUT2D eigenvalue weighted by Gasteiger charge is 2.27. The molecule has 1 amide bonds. The highest BCUT2D eigenvalue weighted by Crippen LogP contribution is 2.25. The van der Waals surface area contributed by atoms with Crippen molar-refractivity contribution in [3.63, 3.8) is 0 Å². The number of benzene rings is 1. The summed E-state index contributed by atoms with van der Waals surface area (Å²) in [5, 5.41) is 0.418. The number of likely N-dealkylation sites (N-methyl/N-ethyl adjacent to an activating group) is 2. The molecule has 1 atom stereocenters. The van der Waals surface area contributed by atoms with Crippen LogP contribution < -0.4 is 5.73 Å². The topological polar surface area (TPSA) is 49.6 Å². The molecule has 1 saturated heterocycles. The maximum absolute atomic E-state index is 12.5. The zero-order valence-electron chi connectivity index (χ0n) is 11.4. The van der Waals surface area contributed by atoms with Gasteiger partial charge in [-0.3, -0.25) is 4.79 Å². The monoisotopic (exact) mass is 281 g/mol. The van der Waals surface area contributed by atoms with Crippen LogP contribution >= 0.6 is 11.6 Å². The van der Waals surface area contributed by atoms with Gasteiger partial charge in [0.1, 0.15) is 0 Å². The third-order valence-corrected chi connectivity index (χ3v) is 4.04. The molecular formula is C14H20ClN3O. The Labute approximate surface area is 119 Å². The summed E-state index contributed by atoms with van der Waals surface area (Å²) < 4.78 is 0. The number of nitrogen functional groups attached to an aromatic ring is 1. The lowest BCUT2D eigenvalue weighted by Gasteiger charge is -2.36. The molecule has 0 aromatic heterocycles. The SMILES string of the molecule is CN1CCCC(N(C)C(=O)c2c(N)cccc2Cl)C1. The Morgan fingerprint density at radius 1 is 1.53 bits per heavy atom. The molecule has 1 aliphatic rings. The summed E-state index contributed by atoms with van der Waals surface area (Å²) in [4.78, 5) is 16.6. The number of carbonyl (C=O) groups is 1. The molecule has 0 aliphatic carbocycles. The van der Waals surface area contributed by atoms with Crippen molar-refractivity contribution in [3.8, 4) is 0 Å². The predicted octanol–water partition coefficient (Wildman–Crippen LogP) is 2.09. The van der Waals surface area contributed by atoms with Gasteiger partial charge < -0.3 is 15.5 Å². The van der Waals surface area contributed by atoms with E-state index in [0.717, 1.165) is 25.9 Å². The van der Waals surface area contributed by atoms with Gasteiger partial charge in [-0.15, -0.1) is 0 Å². The molecule has 0 radical (unpaired) electrons. The van der Waals surface area contributed by atoms with E-state index >= 15 is 0 Å². The van der Waals surface area contributed by atoms with E-state index < -0.39 is 0 Å². The van der Waals surface area contributed by atoms with E-state index in [9.17, 15) is 4.79 Å². The van der Waals surface area contributed by atoms with E-state index in [1.807, 2.05) is 7.05 Å². The molecule has 1 heterocycles. The Morgan fingerprint density at radius 2 is 2.26 bits per heavy atom. The Balaban J connectivity index is 2.19. The molecule has 4 nitrogen and oxygen atoms in total. The summed E-state index contributed by atoms with van der Waals surface area (Å²) in [6.45, 7) is 1.99. The molecule has 0 bridgehead atoms. The number of amides is 1. The van der Waals surface area contributed by atoms with Crippen LogP contribution in [0.5, 0.6) is 0 Å². The Morgan fingerprint density at radius 3 is 2.89 bits per heavy atom. The molecule has 1 unspecified atom stereocenters. The highest BCUT2D eigenvalue weighted by atomic mass is 35.5. The number of hydrogen-bond acceptors (Lipinski definition) is 3. The molecule has 104 valence electrons. The lowest BCUT2D eigenvalue weighted by molar-refractivity contribution is 0.0645. The molecule has 1 aliphatic heterocycles. The van der Waals surface area contributed by atoms with Gasteiger partial charge in [0.15, 0.2) is 0 Å². The van der Waals surface area contributed by atoms with Gasteiger partial charge in [-0.25, -0.2) is 0 Å². The Bertz CT molecular complexity index is 458. The average molecular weight is 282 g/mol. The van der Waals surface area contributed by atoms with Crippen molar-refractivity contribution in [2.75, 3.05) is 32.9 Å². The van der Waals surface area contributed by atoms with Gasteiger partial charge in [-0.2, -0.15) is 0 Å². The minimum absolute atomic E-state index is 0.0941. The third-order valence-electron chi connectivity index (χ3n) is 3.73. The number of halogens is 1.